The second kappa shape index (κ2) is 10.8. The van der Waals surface area contributed by atoms with Crippen LogP contribution in [0, 0.1) is 0 Å². The number of hydrogen-bond acceptors (Lipinski definition) is 6. The fourth-order valence-corrected chi connectivity index (χ4v) is 4.22. The van der Waals surface area contributed by atoms with Gasteiger partial charge in [-0.05, 0) is 45.0 Å². The lowest BCUT2D eigenvalue weighted by atomic mass is 10.1. The van der Waals surface area contributed by atoms with E-state index >= 15 is 0 Å². The van der Waals surface area contributed by atoms with Gasteiger partial charge in [-0.2, -0.15) is 0 Å². The Labute approximate surface area is 177 Å². The molecule has 3 rings (SSSR count). The summed E-state index contributed by atoms with van der Waals surface area (Å²) in [6.45, 7) is 10.3. The quantitative estimate of drug-likeness (QED) is 0.680. The molecule has 0 saturated carbocycles. The molecule has 1 atom stereocenters. The van der Waals surface area contributed by atoms with Gasteiger partial charge in [0.25, 0.3) is 0 Å². The normalized spacial score (nSPS) is 16.7. The molecule has 0 aliphatic carbocycles. The minimum Gasteiger partial charge on any atom is -0.372 e. The highest BCUT2D eigenvalue weighted by Gasteiger charge is 2.14. The zero-order chi connectivity index (χ0) is 20.6. The molecule has 7 heteroatoms. The van der Waals surface area contributed by atoms with E-state index in [1.807, 2.05) is 31.4 Å². The topological polar surface area (TPSA) is 57.7 Å². The maximum Gasteiger partial charge on any atom is 0.230 e. The van der Waals surface area contributed by atoms with Crippen LogP contribution < -0.4 is 5.32 Å². The molecular weight excluding hydrogens is 384 g/mol. The van der Waals surface area contributed by atoms with Crippen molar-refractivity contribution in [2.24, 2.45) is 0 Å². The molecule has 1 aliphatic rings. The van der Waals surface area contributed by atoms with Gasteiger partial charge in [0.15, 0.2) is 0 Å². The Morgan fingerprint density at radius 3 is 2.66 bits per heavy atom. The molecule has 158 valence electrons. The van der Waals surface area contributed by atoms with Gasteiger partial charge in [0.05, 0.1) is 12.1 Å². The summed E-state index contributed by atoms with van der Waals surface area (Å²) in [5, 5.41) is 5.82. The fraction of sp³-hybridized carbons (Fsp3) is 0.545. The van der Waals surface area contributed by atoms with Crippen molar-refractivity contribution in [3.05, 3.63) is 45.9 Å². The summed E-state index contributed by atoms with van der Waals surface area (Å²) in [7, 11) is 2.18. The van der Waals surface area contributed by atoms with E-state index in [0.29, 0.717) is 6.61 Å². The Kier molecular flexibility index (Phi) is 8.18. The molecular formula is C22H32N4O2S. The molecule has 1 aromatic heterocycles. The molecule has 6 nitrogen and oxygen atoms in total. The number of nitrogens with one attached hydrogen (secondary N) is 1. The Hall–Kier alpha value is -1.80. The van der Waals surface area contributed by atoms with Crippen LogP contribution in [0.5, 0.6) is 0 Å². The number of anilines is 1. The van der Waals surface area contributed by atoms with E-state index in [1.165, 1.54) is 5.56 Å². The highest BCUT2D eigenvalue weighted by molar-refractivity contribution is 7.09. The number of carbonyl (C=O) groups is 1. The van der Waals surface area contributed by atoms with E-state index in [-0.39, 0.29) is 18.4 Å². The summed E-state index contributed by atoms with van der Waals surface area (Å²) >= 11 is 1.54. The maximum absolute atomic E-state index is 12.3. The van der Waals surface area contributed by atoms with E-state index in [2.05, 4.69) is 39.3 Å². The second-order valence-corrected chi connectivity index (χ2v) is 8.48. The summed E-state index contributed by atoms with van der Waals surface area (Å²) in [5.74, 6) is -0.0453. The van der Waals surface area contributed by atoms with Crippen molar-refractivity contribution in [3.8, 4) is 0 Å². The first-order valence-electron chi connectivity index (χ1n) is 10.4. The SMILES string of the molecule is CCOC(C)c1nc(CC(=O)Nc2ccc(CCN3CCN(C)CC3)cc2)cs1. The zero-order valence-electron chi connectivity index (χ0n) is 17.7. The average Bonchev–Trinajstić information content (AvgIpc) is 3.17. The fourth-order valence-electron chi connectivity index (χ4n) is 3.39. The van der Waals surface area contributed by atoms with Gasteiger partial charge in [-0.3, -0.25) is 4.79 Å². The molecule has 1 saturated heterocycles. The average molecular weight is 417 g/mol. The van der Waals surface area contributed by atoms with E-state index in [0.717, 1.165) is 55.5 Å². The number of aromatic nitrogens is 1. The summed E-state index contributed by atoms with van der Waals surface area (Å²) in [6, 6.07) is 8.19. The molecule has 2 aromatic rings. The number of ether oxygens (including phenoxy) is 1. The molecule has 29 heavy (non-hydrogen) atoms. The lowest BCUT2D eigenvalue weighted by Gasteiger charge is -2.32. The largest absolute Gasteiger partial charge is 0.372 e. The first-order valence-corrected chi connectivity index (χ1v) is 11.3. The minimum absolute atomic E-state index is 0.0276. The van der Waals surface area contributed by atoms with Gasteiger partial charge in [-0.25, -0.2) is 4.98 Å². The Morgan fingerprint density at radius 2 is 1.97 bits per heavy atom. The van der Waals surface area contributed by atoms with Crippen LogP contribution >= 0.6 is 11.3 Å². The lowest BCUT2D eigenvalue weighted by molar-refractivity contribution is -0.115. The van der Waals surface area contributed by atoms with E-state index in [1.54, 1.807) is 11.3 Å². The number of likely N-dealkylation sites (N-methyl/N-ethyl adjacent to an activating group) is 1. The molecule has 2 heterocycles. The van der Waals surface area contributed by atoms with Crippen molar-refractivity contribution in [1.29, 1.82) is 0 Å². The number of thiazole rings is 1. The van der Waals surface area contributed by atoms with Crippen molar-refractivity contribution in [2.75, 3.05) is 51.7 Å². The molecule has 1 amide bonds. The van der Waals surface area contributed by atoms with Crippen molar-refractivity contribution < 1.29 is 9.53 Å². The lowest BCUT2D eigenvalue weighted by Crippen LogP contribution is -2.45. The summed E-state index contributed by atoms with van der Waals surface area (Å²) in [4.78, 5) is 21.8. The van der Waals surface area contributed by atoms with E-state index in [9.17, 15) is 4.79 Å². The first kappa shape index (κ1) is 21.9. The van der Waals surface area contributed by atoms with Crippen molar-refractivity contribution in [2.45, 2.75) is 32.8 Å². The zero-order valence-corrected chi connectivity index (χ0v) is 18.5. The molecule has 1 aromatic carbocycles. The van der Waals surface area contributed by atoms with Gasteiger partial charge in [0, 0.05) is 50.4 Å². The van der Waals surface area contributed by atoms with Gasteiger partial charge in [0.1, 0.15) is 11.1 Å². The van der Waals surface area contributed by atoms with Gasteiger partial charge in [0.2, 0.25) is 5.91 Å². The van der Waals surface area contributed by atoms with Crippen LogP contribution in [-0.2, 0) is 22.4 Å². The van der Waals surface area contributed by atoms with Crippen LogP contribution in [0.2, 0.25) is 0 Å². The number of hydrogen-bond donors (Lipinski definition) is 1. The van der Waals surface area contributed by atoms with Crippen LogP contribution in [-0.4, -0.2) is 67.1 Å². The number of piperazine rings is 1. The van der Waals surface area contributed by atoms with Crippen molar-refractivity contribution in [1.82, 2.24) is 14.8 Å². The summed E-state index contributed by atoms with van der Waals surface area (Å²) in [6.07, 6.45) is 1.29. The third kappa shape index (κ3) is 6.89. The number of amides is 1. The van der Waals surface area contributed by atoms with Crippen molar-refractivity contribution >= 4 is 22.9 Å². The molecule has 1 fully saturated rings. The summed E-state index contributed by atoms with van der Waals surface area (Å²) < 4.78 is 5.56. The first-order chi connectivity index (χ1) is 14.0. The Morgan fingerprint density at radius 1 is 1.24 bits per heavy atom. The summed E-state index contributed by atoms with van der Waals surface area (Å²) in [5.41, 5.74) is 2.92. The number of rotatable bonds is 9. The van der Waals surface area contributed by atoms with Crippen LogP contribution in [0.25, 0.3) is 0 Å². The Balaban J connectivity index is 1.43. The Bertz CT molecular complexity index is 769. The van der Waals surface area contributed by atoms with Gasteiger partial charge in [-0.1, -0.05) is 12.1 Å². The van der Waals surface area contributed by atoms with Gasteiger partial charge in [-0.15, -0.1) is 11.3 Å². The highest BCUT2D eigenvalue weighted by Crippen LogP contribution is 2.21. The van der Waals surface area contributed by atoms with Crippen LogP contribution in [0.3, 0.4) is 0 Å². The molecule has 0 bridgehead atoms. The number of nitrogens with zero attached hydrogens (tertiary/aromatic N) is 3. The number of carbonyl (C=O) groups excluding carboxylic acids is 1. The van der Waals surface area contributed by atoms with E-state index in [4.69, 9.17) is 4.74 Å². The van der Waals surface area contributed by atoms with Crippen LogP contribution in [0.4, 0.5) is 5.69 Å². The van der Waals surface area contributed by atoms with Crippen LogP contribution in [0.15, 0.2) is 29.6 Å². The third-order valence-electron chi connectivity index (χ3n) is 5.23. The molecule has 1 aliphatic heterocycles. The molecule has 1 unspecified atom stereocenters. The van der Waals surface area contributed by atoms with Crippen LogP contribution in [0.1, 0.15) is 36.2 Å². The minimum atomic E-state index is -0.0453. The van der Waals surface area contributed by atoms with Gasteiger partial charge >= 0.3 is 0 Å². The van der Waals surface area contributed by atoms with Gasteiger partial charge < -0.3 is 19.9 Å². The van der Waals surface area contributed by atoms with Crippen molar-refractivity contribution in [3.63, 3.8) is 0 Å². The predicted octanol–water partition coefficient (Wildman–Crippen LogP) is 3.21. The highest BCUT2D eigenvalue weighted by atomic mass is 32.1. The monoisotopic (exact) mass is 416 g/mol. The molecule has 1 N–H and O–H groups in total. The standard InChI is InChI=1S/C22H32N4O2S/c1-4-28-17(2)22-24-20(16-29-22)15-21(27)23-19-7-5-18(6-8-19)9-10-26-13-11-25(3)12-14-26/h5-8,16-17H,4,9-15H2,1-3H3,(H,23,27). The predicted molar refractivity (Wildman–Crippen MR) is 119 cm³/mol. The van der Waals surface area contributed by atoms with E-state index < -0.39 is 0 Å². The second-order valence-electron chi connectivity index (χ2n) is 7.59. The maximum atomic E-state index is 12.3. The molecule has 0 spiro atoms. The number of benzene rings is 1. The molecule has 0 radical (unpaired) electrons. The third-order valence-corrected chi connectivity index (χ3v) is 6.28. The smallest absolute Gasteiger partial charge is 0.230 e.